The third kappa shape index (κ3) is 4.47. The Morgan fingerprint density at radius 2 is 1.83 bits per heavy atom. The molecule has 41 heavy (non-hydrogen) atoms. The molecule has 3 atom stereocenters. The fourth-order valence-electron chi connectivity index (χ4n) is 6.21. The summed E-state index contributed by atoms with van der Waals surface area (Å²) < 4.78 is 0. The minimum Gasteiger partial charge on any atom is -0.511 e. The van der Waals surface area contributed by atoms with Crippen LogP contribution < -0.4 is 11.1 Å². The number of nitrogens with zero attached hydrogens (tertiary/aromatic N) is 1. The number of carbonyl (C=O) groups is 4. The number of amides is 2. The van der Waals surface area contributed by atoms with Crippen molar-refractivity contribution in [1.29, 1.82) is 0 Å². The minimum absolute atomic E-state index is 0.0341. The summed E-state index contributed by atoms with van der Waals surface area (Å²) in [6, 6.07) is 9.86. The number of fused-ring (bicyclic) bond motifs is 3. The SMILES string of the molecule is CN(C)CCNC(=O)c1cccc(-c2ccc(O)c3c2C[C@H]2C[C@H]4CC(O)=C(C(N)=O)C(=O)[C@@]4(O)C(O)=C2C3=O)c1. The summed E-state index contributed by atoms with van der Waals surface area (Å²) in [6.45, 7) is 1.13. The Hall–Kier alpha value is -4.48. The number of nitrogens with one attached hydrogen (secondary N) is 1. The quantitative estimate of drug-likeness (QED) is 0.284. The summed E-state index contributed by atoms with van der Waals surface area (Å²) in [5.41, 5.74) is 3.65. The van der Waals surface area contributed by atoms with Crippen LogP contribution in [0, 0.1) is 11.8 Å². The smallest absolute Gasteiger partial charge is 0.255 e. The van der Waals surface area contributed by atoms with E-state index in [0.29, 0.717) is 35.3 Å². The van der Waals surface area contributed by atoms with Crippen molar-refractivity contribution in [3.05, 3.63) is 75.8 Å². The first kappa shape index (κ1) is 28.1. The highest BCUT2D eigenvalue weighted by Crippen LogP contribution is 2.52. The van der Waals surface area contributed by atoms with Gasteiger partial charge < -0.3 is 36.4 Å². The van der Waals surface area contributed by atoms with Gasteiger partial charge in [-0.1, -0.05) is 18.2 Å². The summed E-state index contributed by atoms with van der Waals surface area (Å²) in [7, 11) is 3.80. The molecule has 0 radical (unpaired) electrons. The van der Waals surface area contributed by atoms with E-state index in [4.69, 9.17) is 5.73 Å². The maximum Gasteiger partial charge on any atom is 0.255 e. The molecular weight excluding hydrogens is 530 g/mol. The van der Waals surface area contributed by atoms with Crippen molar-refractivity contribution in [3.8, 4) is 16.9 Å². The number of aliphatic hydroxyl groups is 3. The van der Waals surface area contributed by atoms with Crippen LogP contribution in [0.4, 0.5) is 0 Å². The predicted molar refractivity (Wildman–Crippen MR) is 147 cm³/mol. The molecule has 214 valence electrons. The number of nitrogens with two attached hydrogens (primary N) is 1. The van der Waals surface area contributed by atoms with Gasteiger partial charge in [0.25, 0.3) is 11.8 Å². The van der Waals surface area contributed by atoms with E-state index in [9.17, 15) is 39.6 Å². The van der Waals surface area contributed by atoms with Gasteiger partial charge >= 0.3 is 0 Å². The Balaban J connectivity index is 1.56. The second-order valence-corrected chi connectivity index (χ2v) is 11.0. The number of ketones is 2. The number of benzene rings is 2. The van der Waals surface area contributed by atoms with Gasteiger partial charge in [-0.25, -0.2) is 0 Å². The summed E-state index contributed by atoms with van der Waals surface area (Å²) in [4.78, 5) is 53.4. The first-order valence-corrected chi connectivity index (χ1v) is 13.2. The van der Waals surface area contributed by atoms with E-state index in [-0.39, 0.29) is 42.1 Å². The summed E-state index contributed by atoms with van der Waals surface area (Å²) in [6.07, 6.45) is -0.100. The molecule has 0 aliphatic heterocycles. The Morgan fingerprint density at radius 1 is 1.10 bits per heavy atom. The number of hydrogen-bond acceptors (Lipinski definition) is 9. The number of likely N-dealkylation sites (N-methyl/N-ethyl adjacent to an activating group) is 1. The lowest BCUT2D eigenvalue weighted by atomic mass is 9.60. The third-order valence-corrected chi connectivity index (χ3v) is 8.23. The van der Waals surface area contributed by atoms with Crippen molar-refractivity contribution < 1.29 is 39.6 Å². The zero-order valence-electron chi connectivity index (χ0n) is 22.6. The number of hydrogen-bond donors (Lipinski definition) is 6. The molecule has 11 heteroatoms. The number of allylic oxidation sites excluding steroid dienone is 2. The summed E-state index contributed by atoms with van der Waals surface area (Å²) in [5, 5.41) is 46.5. The molecule has 0 unspecified atom stereocenters. The van der Waals surface area contributed by atoms with Crippen molar-refractivity contribution in [2.24, 2.45) is 17.6 Å². The number of phenols is 1. The van der Waals surface area contributed by atoms with Gasteiger partial charge in [0.2, 0.25) is 5.78 Å². The van der Waals surface area contributed by atoms with Crippen molar-refractivity contribution in [1.82, 2.24) is 10.2 Å². The van der Waals surface area contributed by atoms with E-state index in [1.54, 1.807) is 30.3 Å². The molecule has 5 rings (SSSR count). The molecule has 0 saturated carbocycles. The summed E-state index contributed by atoms with van der Waals surface area (Å²) in [5.74, 6) is -7.03. The zero-order chi connectivity index (χ0) is 29.8. The van der Waals surface area contributed by atoms with Gasteiger partial charge in [0, 0.05) is 36.6 Å². The first-order valence-electron chi connectivity index (χ1n) is 13.2. The molecule has 2 amide bonds. The Bertz CT molecular complexity index is 1570. The minimum atomic E-state index is -2.61. The maximum absolute atomic E-state index is 13.8. The number of aliphatic hydroxyl groups excluding tert-OH is 2. The molecule has 2 aromatic carbocycles. The largest absolute Gasteiger partial charge is 0.511 e. The Labute approximate surface area is 235 Å². The lowest BCUT2D eigenvalue weighted by molar-refractivity contribution is -0.144. The van der Waals surface area contributed by atoms with Crippen LogP contribution in [0.3, 0.4) is 0 Å². The van der Waals surface area contributed by atoms with Crippen LogP contribution in [0.1, 0.15) is 39.1 Å². The molecule has 0 bridgehead atoms. The molecule has 0 fully saturated rings. The van der Waals surface area contributed by atoms with Crippen molar-refractivity contribution in [2.45, 2.75) is 24.9 Å². The molecule has 2 aromatic rings. The van der Waals surface area contributed by atoms with Crippen LogP contribution >= 0.6 is 0 Å². The van der Waals surface area contributed by atoms with E-state index < -0.39 is 52.0 Å². The lowest BCUT2D eigenvalue weighted by Crippen LogP contribution is -2.57. The van der Waals surface area contributed by atoms with Gasteiger partial charge in [-0.3, -0.25) is 19.2 Å². The normalized spacial score (nSPS) is 23.7. The van der Waals surface area contributed by atoms with Crippen molar-refractivity contribution in [3.63, 3.8) is 0 Å². The molecule has 11 nitrogen and oxygen atoms in total. The first-order chi connectivity index (χ1) is 19.4. The zero-order valence-corrected chi connectivity index (χ0v) is 22.6. The van der Waals surface area contributed by atoms with Crippen LogP contribution in [0.5, 0.6) is 5.75 Å². The van der Waals surface area contributed by atoms with Crippen LogP contribution in [0.15, 0.2) is 59.1 Å². The monoisotopic (exact) mass is 561 g/mol. The third-order valence-electron chi connectivity index (χ3n) is 8.23. The second kappa shape index (κ2) is 10.2. The van der Waals surface area contributed by atoms with Crippen LogP contribution in [0.25, 0.3) is 11.1 Å². The molecule has 7 N–H and O–H groups in total. The number of primary amides is 1. The van der Waals surface area contributed by atoms with Gasteiger partial charge in [-0.15, -0.1) is 0 Å². The van der Waals surface area contributed by atoms with Crippen molar-refractivity contribution in [2.75, 3.05) is 27.2 Å². The van der Waals surface area contributed by atoms with Crippen LogP contribution in [0.2, 0.25) is 0 Å². The van der Waals surface area contributed by atoms with Gasteiger partial charge in [-0.2, -0.15) is 0 Å². The molecule has 0 saturated heterocycles. The highest BCUT2D eigenvalue weighted by molar-refractivity contribution is 6.24. The molecular formula is C30H31N3O8. The van der Waals surface area contributed by atoms with Crippen molar-refractivity contribution >= 4 is 23.4 Å². The standard InChI is InChI=1S/C30H31N3O8/c1-33(2)9-8-32-29(40)15-5-3-4-14(10-15)18-6-7-20(34)23-19(18)12-16-11-17-13-21(35)24(28(31)39)27(38)30(17,41)26(37)22(16)25(23)36/h3-7,10,16-17,34-35,37,41H,8-9,11-13H2,1-2H3,(H2,31,39)(H,32,40)/t16-,17+,30+/m1/s1. The average Bonchev–Trinajstić information content (AvgIpc) is 2.90. The number of phenolic OH excluding ortho intramolecular Hbond substituents is 1. The highest BCUT2D eigenvalue weighted by atomic mass is 16.3. The molecule has 0 spiro atoms. The van der Waals surface area contributed by atoms with E-state index in [1.807, 2.05) is 19.0 Å². The van der Waals surface area contributed by atoms with E-state index >= 15 is 0 Å². The van der Waals surface area contributed by atoms with Gasteiger partial charge in [-0.05, 0) is 67.7 Å². The number of aromatic hydroxyl groups is 1. The topological polar surface area (TPSA) is 190 Å². The Morgan fingerprint density at radius 3 is 2.51 bits per heavy atom. The van der Waals surface area contributed by atoms with Gasteiger partial charge in [0.15, 0.2) is 11.4 Å². The lowest BCUT2D eigenvalue weighted by Gasteiger charge is -2.45. The van der Waals surface area contributed by atoms with E-state index in [2.05, 4.69) is 5.32 Å². The average molecular weight is 562 g/mol. The number of rotatable bonds is 6. The van der Waals surface area contributed by atoms with E-state index in [1.165, 1.54) is 6.07 Å². The predicted octanol–water partition coefficient (Wildman–Crippen LogP) is 1.54. The molecule has 3 aliphatic rings. The van der Waals surface area contributed by atoms with Crippen LogP contribution in [-0.2, 0) is 16.0 Å². The summed E-state index contributed by atoms with van der Waals surface area (Å²) >= 11 is 0. The maximum atomic E-state index is 13.8. The second-order valence-electron chi connectivity index (χ2n) is 11.0. The number of carbonyl (C=O) groups excluding carboxylic acids is 4. The molecule has 3 aliphatic carbocycles. The fraction of sp³-hybridized carbons (Fsp3) is 0.333. The van der Waals surface area contributed by atoms with Crippen LogP contribution in [-0.4, -0.2) is 81.5 Å². The fourth-order valence-corrected chi connectivity index (χ4v) is 6.21. The number of Topliss-reactive ketones (excluding diaryl/α,β-unsaturated/α-hetero) is 2. The highest BCUT2D eigenvalue weighted by Gasteiger charge is 2.59. The molecule has 0 heterocycles. The van der Waals surface area contributed by atoms with Gasteiger partial charge in [0.1, 0.15) is 22.8 Å². The van der Waals surface area contributed by atoms with Gasteiger partial charge in [0.05, 0.1) is 5.56 Å². The molecule has 0 aromatic heterocycles. The van der Waals surface area contributed by atoms with E-state index in [0.717, 1.165) is 0 Å². The Kier molecular flexibility index (Phi) is 6.96.